The molecule has 0 saturated carbocycles. The van der Waals surface area contributed by atoms with Gasteiger partial charge in [0.2, 0.25) is 5.91 Å². The van der Waals surface area contributed by atoms with Crippen LogP contribution in [0.2, 0.25) is 0 Å². The molecule has 0 spiro atoms. The number of rotatable bonds is 3. The SMILES string of the molecule is Cc1nc(CC(=O)N2CCc3[nH]cnc3[C@H]2c2cccnc2)cs1. The van der Waals surface area contributed by atoms with Crippen LogP contribution in [0.5, 0.6) is 0 Å². The summed E-state index contributed by atoms with van der Waals surface area (Å²) in [6.07, 6.45) is 6.35. The van der Waals surface area contributed by atoms with E-state index in [1.165, 1.54) is 0 Å². The van der Waals surface area contributed by atoms with E-state index in [9.17, 15) is 4.79 Å². The van der Waals surface area contributed by atoms with Gasteiger partial charge >= 0.3 is 0 Å². The van der Waals surface area contributed by atoms with Gasteiger partial charge in [0, 0.05) is 36.4 Å². The minimum Gasteiger partial charge on any atom is -0.348 e. The zero-order chi connectivity index (χ0) is 16.5. The molecule has 1 atom stereocenters. The number of nitrogens with one attached hydrogen (secondary N) is 1. The van der Waals surface area contributed by atoms with Crippen molar-refractivity contribution in [2.45, 2.75) is 25.8 Å². The molecule has 0 radical (unpaired) electrons. The topological polar surface area (TPSA) is 74.8 Å². The summed E-state index contributed by atoms with van der Waals surface area (Å²) in [6.45, 7) is 2.62. The zero-order valence-electron chi connectivity index (χ0n) is 13.3. The maximum absolute atomic E-state index is 12.9. The summed E-state index contributed by atoms with van der Waals surface area (Å²) in [6, 6.07) is 3.69. The Labute approximate surface area is 143 Å². The summed E-state index contributed by atoms with van der Waals surface area (Å²) in [4.78, 5) is 31.1. The second-order valence-corrected chi connectivity index (χ2v) is 6.89. The van der Waals surface area contributed by atoms with E-state index in [0.29, 0.717) is 13.0 Å². The van der Waals surface area contributed by atoms with Crippen molar-refractivity contribution in [3.05, 3.63) is 63.9 Å². The van der Waals surface area contributed by atoms with Gasteiger partial charge in [0.15, 0.2) is 0 Å². The molecule has 0 bridgehead atoms. The van der Waals surface area contributed by atoms with Gasteiger partial charge in [-0.2, -0.15) is 0 Å². The number of imidazole rings is 1. The molecule has 3 aromatic heterocycles. The molecule has 0 unspecified atom stereocenters. The van der Waals surface area contributed by atoms with Crippen LogP contribution in [-0.2, 0) is 17.6 Å². The van der Waals surface area contributed by atoms with E-state index in [0.717, 1.165) is 34.1 Å². The smallest absolute Gasteiger partial charge is 0.229 e. The molecule has 3 aromatic rings. The van der Waals surface area contributed by atoms with Crippen molar-refractivity contribution in [2.75, 3.05) is 6.54 Å². The molecule has 0 saturated heterocycles. The normalized spacial score (nSPS) is 16.9. The van der Waals surface area contributed by atoms with Gasteiger partial charge < -0.3 is 9.88 Å². The summed E-state index contributed by atoms with van der Waals surface area (Å²) >= 11 is 1.57. The largest absolute Gasteiger partial charge is 0.348 e. The van der Waals surface area contributed by atoms with Crippen molar-refractivity contribution in [2.24, 2.45) is 0 Å². The lowest BCUT2D eigenvalue weighted by Crippen LogP contribution is -2.41. The predicted molar refractivity (Wildman–Crippen MR) is 90.6 cm³/mol. The number of hydrogen-bond acceptors (Lipinski definition) is 5. The van der Waals surface area contributed by atoms with Crippen LogP contribution in [-0.4, -0.2) is 37.3 Å². The number of amides is 1. The van der Waals surface area contributed by atoms with E-state index in [4.69, 9.17) is 0 Å². The number of fused-ring (bicyclic) bond motifs is 1. The van der Waals surface area contributed by atoms with E-state index < -0.39 is 0 Å². The lowest BCUT2D eigenvalue weighted by molar-refractivity contribution is -0.132. The molecule has 0 aromatic carbocycles. The predicted octanol–water partition coefficient (Wildman–Crippen LogP) is 2.29. The third-order valence-electron chi connectivity index (χ3n) is 4.24. The highest BCUT2D eigenvalue weighted by molar-refractivity contribution is 7.09. The number of aromatic nitrogens is 4. The molecular formula is C17H17N5OS. The number of nitrogens with zero attached hydrogens (tertiary/aromatic N) is 4. The maximum atomic E-state index is 12.9. The van der Waals surface area contributed by atoms with E-state index in [-0.39, 0.29) is 11.9 Å². The van der Waals surface area contributed by atoms with Gasteiger partial charge in [-0.05, 0) is 18.6 Å². The van der Waals surface area contributed by atoms with Crippen molar-refractivity contribution in [3.63, 3.8) is 0 Å². The molecule has 24 heavy (non-hydrogen) atoms. The minimum atomic E-state index is -0.194. The molecular weight excluding hydrogens is 322 g/mol. The molecule has 1 aliphatic heterocycles. The Kier molecular flexibility index (Phi) is 3.86. The number of carbonyl (C=O) groups is 1. The molecule has 1 N–H and O–H groups in total. The number of H-pyrrole nitrogens is 1. The Balaban J connectivity index is 1.67. The minimum absolute atomic E-state index is 0.0720. The lowest BCUT2D eigenvalue weighted by Gasteiger charge is -2.35. The van der Waals surface area contributed by atoms with E-state index in [2.05, 4.69) is 19.9 Å². The Bertz CT molecular complexity index is 857. The molecule has 1 aliphatic rings. The number of aryl methyl sites for hydroxylation is 1. The average molecular weight is 339 g/mol. The highest BCUT2D eigenvalue weighted by Crippen LogP contribution is 2.33. The summed E-state index contributed by atoms with van der Waals surface area (Å²) in [5.74, 6) is 0.0720. The van der Waals surface area contributed by atoms with Crippen LogP contribution in [0.3, 0.4) is 0 Å². The number of carbonyl (C=O) groups excluding carboxylic acids is 1. The first kappa shape index (κ1) is 15.0. The average Bonchev–Trinajstić information content (AvgIpc) is 3.23. The van der Waals surface area contributed by atoms with Gasteiger partial charge in [-0.1, -0.05) is 6.07 Å². The Morgan fingerprint density at radius 3 is 3.17 bits per heavy atom. The highest BCUT2D eigenvalue weighted by atomic mass is 32.1. The fourth-order valence-corrected chi connectivity index (χ4v) is 3.78. The summed E-state index contributed by atoms with van der Waals surface area (Å²) in [5, 5.41) is 2.94. The van der Waals surface area contributed by atoms with Gasteiger partial charge in [0.05, 0.1) is 29.1 Å². The zero-order valence-corrected chi connectivity index (χ0v) is 14.1. The standard InChI is InChI=1S/C17H17N5OS/c1-11-21-13(9-24-11)7-15(23)22-6-4-14-16(20-10-19-14)17(22)12-3-2-5-18-8-12/h2-3,5,8-10,17H,4,6-7H2,1H3,(H,19,20)/t17-/m1/s1. The fourth-order valence-electron chi connectivity index (χ4n) is 3.17. The summed E-state index contributed by atoms with van der Waals surface area (Å²) in [7, 11) is 0. The first-order chi connectivity index (χ1) is 11.7. The van der Waals surface area contributed by atoms with Crippen molar-refractivity contribution >= 4 is 17.2 Å². The highest BCUT2D eigenvalue weighted by Gasteiger charge is 2.34. The molecule has 0 aliphatic carbocycles. The number of hydrogen-bond donors (Lipinski definition) is 1. The molecule has 122 valence electrons. The Morgan fingerprint density at radius 2 is 2.42 bits per heavy atom. The summed E-state index contributed by atoms with van der Waals surface area (Å²) < 4.78 is 0. The van der Waals surface area contributed by atoms with Gasteiger partial charge in [0.25, 0.3) is 0 Å². The monoisotopic (exact) mass is 339 g/mol. The van der Waals surface area contributed by atoms with Gasteiger partial charge in [-0.15, -0.1) is 11.3 Å². The molecule has 4 rings (SSSR count). The van der Waals surface area contributed by atoms with Crippen LogP contribution in [0, 0.1) is 6.92 Å². The van der Waals surface area contributed by atoms with Crippen LogP contribution in [0.15, 0.2) is 36.2 Å². The van der Waals surface area contributed by atoms with Crippen molar-refractivity contribution in [1.82, 2.24) is 24.8 Å². The molecule has 7 heteroatoms. The summed E-state index contributed by atoms with van der Waals surface area (Å²) in [5.41, 5.74) is 3.82. The van der Waals surface area contributed by atoms with Gasteiger partial charge in [-0.3, -0.25) is 9.78 Å². The third-order valence-corrected chi connectivity index (χ3v) is 5.07. The Morgan fingerprint density at radius 1 is 1.50 bits per heavy atom. The second-order valence-electron chi connectivity index (χ2n) is 5.83. The van der Waals surface area contributed by atoms with Crippen LogP contribution >= 0.6 is 11.3 Å². The molecule has 6 nitrogen and oxygen atoms in total. The fraction of sp³-hybridized carbons (Fsp3) is 0.294. The number of thiazole rings is 1. The van der Waals surface area contributed by atoms with Gasteiger partial charge in [0.1, 0.15) is 6.04 Å². The first-order valence-electron chi connectivity index (χ1n) is 7.85. The van der Waals surface area contributed by atoms with Crippen LogP contribution in [0.4, 0.5) is 0 Å². The Hall–Kier alpha value is -2.54. The van der Waals surface area contributed by atoms with Crippen molar-refractivity contribution < 1.29 is 4.79 Å². The van der Waals surface area contributed by atoms with E-state index in [1.807, 2.05) is 35.5 Å². The van der Waals surface area contributed by atoms with Crippen LogP contribution in [0.1, 0.15) is 33.7 Å². The van der Waals surface area contributed by atoms with Crippen LogP contribution in [0.25, 0.3) is 0 Å². The molecule has 1 amide bonds. The first-order valence-corrected chi connectivity index (χ1v) is 8.73. The van der Waals surface area contributed by atoms with Gasteiger partial charge in [-0.25, -0.2) is 9.97 Å². The van der Waals surface area contributed by atoms with E-state index >= 15 is 0 Å². The lowest BCUT2D eigenvalue weighted by atomic mass is 9.96. The molecule has 4 heterocycles. The van der Waals surface area contributed by atoms with E-state index in [1.54, 1.807) is 23.9 Å². The van der Waals surface area contributed by atoms with Crippen molar-refractivity contribution in [3.8, 4) is 0 Å². The van der Waals surface area contributed by atoms with Crippen molar-refractivity contribution in [1.29, 1.82) is 0 Å². The second kappa shape index (κ2) is 6.16. The quantitative estimate of drug-likeness (QED) is 0.794. The number of aromatic amines is 1. The van der Waals surface area contributed by atoms with Crippen LogP contribution < -0.4 is 0 Å². The maximum Gasteiger partial charge on any atom is 0.229 e. The molecule has 0 fully saturated rings. The third kappa shape index (κ3) is 2.71. The number of pyridine rings is 1.